The number of rotatable bonds is 6. The first-order valence-corrected chi connectivity index (χ1v) is 13.5. The number of hydrogen-bond donors (Lipinski definition) is 2. The standard InChI is InChI=1S/C28H38N4O4/c1-18(22-8-6-14-32(22)2)36-24-17-21(19-10-15-35-16-11-19)30-27(31-24)25(29)20-7-5-13-28(26(20)34)12-4-3-9-23(28)33/h10,17-18,22,29,34H,3-9,11-16H2,1-2H3/t18-,22-,28+/m0/s1. The molecular formula is C28H38N4O4. The molecule has 8 nitrogen and oxygen atoms in total. The van der Waals surface area contributed by atoms with Crippen LogP contribution in [-0.2, 0) is 9.53 Å². The first-order valence-electron chi connectivity index (χ1n) is 13.5. The van der Waals surface area contributed by atoms with Gasteiger partial charge < -0.3 is 14.6 Å². The quantitative estimate of drug-likeness (QED) is 0.555. The van der Waals surface area contributed by atoms with Gasteiger partial charge in [0.25, 0.3) is 0 Å². The predicted octanol–water partition coefficient (Wildman–Crippen LogP) is 4.64. The predicted molar refractivity (Wildman–Crippen MR) is 137 cm³/mol. The number of ketones is 1. The van der Waals surface area contributed by atoms with Crippen LogP contribution in [0, 0.1) is 10.8 Å². The van der Waals surface area contributed by atoms with Crippen LogP contribution in [0.3, 0.4) is 0 Å². The zero-order chi connectivity index (χ0) is 25.3. The molecule has 1 saturated heterocycles. The molecule has 1 saturated carbocycles. The maximum Gasteiger partial charge on any atom is 0.217 e. The highest BCUT2D eigenvalue weighted by Gasteiger charge is 2.47. The number of Topliss-reactive ketones (excluding diaryl/α,β-unsaturated/α-hetero) is 1. The second-order valence-electron chi connectivity index (χ2n) is 10.8. The number of ether oxygens (including phenoxy) is 2. The lowest BCUT2D eigenvalue weighted by Crippen LogP contribution is -2.39. The van der Waals surface area contributed by atoms with Gasteiger partial charge in [-0.1, -0.05) is 12.5 Å². The van der Waals surface area contributed by atoms with Gasteiger partial charge in [0.05, 0.1) is 24.3 Å². The lowest BCUT2D eigenvalue weighted by Gasteiger charge is -2.39. The number of nitrogens with one attached hydrogen (secondary N) is 1. The van der Waals surface area contributed by atoms with E-state index in [2.05, 4.69) is 23.9 Å². The molecule has 0 radical (unpaired) electrons. The van der Waals surface area contributed by atoms with E-state index in [9.17, 15) is 9.90 Å². The number of likely N-dealkylation sites (N-methyl/N-ethyl adjacent to an activating group) is 1. The summed E-state index contributed by atoms with van der Waals surface area (Å²) in [5.74, 6) is 0.867. The van der Waals surface area contributed by atoms with Crippen LogP contribution in [0.1, 0.15) is 82.7 Å². The highest BCUT2D eigenvalue weighted by molar-refractivity contribution is 6.09. The second-order valence-corrected chi connectivity index (χ2v) is 10.8. The molecule has 2 aliphatic heterocycles. The van der Waals surface area contributed by atoms with Crippen molar-refractivity contribution >= 4 is 17.1 Å². The molecule has 3 heterocycles. The Morgan fingerprint density at radius 1 is 1.22 bits per heavy atom. The number of aromatic nitrogens is 2. The summed E-state index contributed by atoms with van der Waals surface area (Å²) in [5, 5.41) is 20.4. The average Bonchev–Trinajstić information content (AvgIpc) is 3.33. The largest absolute Gasteiger partial charge is 0.511 e. The lowest BCUT2D eigenvalue weighted by atomic mass is 9.64. The molecule has 5 rings (SSSR count). The zero-order valence-electron chi connectivity index (χ0n) is 21.5. The normalized spacial score (nSPS) is 28.3. The molecule has 1 spiro atoms. The fraction of sp³-hybridized carbons (Fsp3) is 0.643. The summed E-state index contributed by atoms with van der Waals surface area (Å²) in [6, 6.07) is 2.18. The molecule has 2 N–H and O–H groups in total. The smallest absolute Gasteiger partial charge is 0.217 e. The molecule has 0 aromatic carbocycles. The van der Waals surface area contributed by atoms with E-state index in [-0.39, 0.29) is 29.2 Å². The summed E-state index contributed by atoms with van der Waals surface area (Å²) in [6.45, 7) is 4.28. The number of aliphatic hydroxyl groups is 1. The van der Waals surface area contributed by atoms with Crippen LogP contribution in [0.4, 0.5) is 0 Å². The van der Waals surface area contributed by atoms with Gasteiger partial charge in [-0.15, -0.1) is 0 Å². The van der Waals surface area contributed by atoms with Gasteiger partial charge in [0.1, 0.15) is 23.4 Å². The molecule has 0 unspecified atom stereocenters. The Morgan fingerprint density at radius 3 is 2.78 bits per heavy atom. The van der Waals surface area contributed by atoms with E-state index in [1.165, 1.54) is 0 Å². The van der Waals surface area contributed by atoms with Crippen molar-refractivity contribution < 1.29 is 19.4 Å². The van der Waals surface area contributed by atoms with Gasteiger partial charge in [-0.2, -0.15) is 4.98 Å². The van der Waals surface area contributed by atoms with Crippen molar-refractivity contribution in [2.45, 2.75) is 83.3 Å². The van der Waals surface area contributed by atoms with Crippen LogP contribution in [0.15, 0.2) is 23.5 Å². The highest BCUT2D eigenvalue weighted by Crippen LogP contribution is 2.48. The molecule has 194 valence electrons. The minimum atomic E-state index is -0.833. The fourth-order valence-electron chi connectivity index (χ4n) is 6.40. The summed E-state index contributed by atoms with van der Waals surface area (Å²) in [7, 11) is 2.12. The molecule has 1 aromatic rings. The molecule has 2 aliphatic carbocycles. The Bertz CT molecular complexity index is 1100. The monoisotopic (exact) mass is 494 g/mol. The maximum atomic E-state index is 12.9. The van der Waals surface area contributed by atoms with E-state index in [0.29, 0.717) is 56.4 Å². The van der Waals surface area contributed by atoms with Crippen LogP contribution in [0.2, 0.25) is 0 Å². The van der Waals surface area contributed by atoms with Crippen LogP contribution in [0.25, 0.3) is 5.57 Å². The van der Waals surface area contributed by atoms with Crippen molar-refractivity contribution in [3.05, 3.63) is 35.0 Å². The lowest BCUT2D eigenvalue weighted by molar-refractivity contribution is -0.131. The summed E-state index contributed by atoms with van der Waals surface area (Å²) in [4.78, 5) is 24.7. The van der Waals surface area contributed by atoms with Crippen LogP contribution < -0.4 is 4.74 Å². The van der Waals surface area contributed by atoms with Gasteiger partial charge in [0, 0.05) is 24.1 Å². The Labute approximate surface area is 213 Å². The third-order valence-electron chi connectivity index (χ3n) is 8.51. The highest BCUT2D eigenvalue weighted by atomic mass is 16.5. The average molecular weight is 495 g/mol. The van der Waals surface area contributed by atoms with Crippen molar-refractivity contribution in [1.29, 1.82) is 5.41 Å². The van der Waals surface area contributed by atoms with E-state index < -0.39 is 5.41 Å². The fourth-order valence-corrected chi connectivity index (χ4v) is 6.40. The minimum absolute atomic E-state index is 0.0589. The molecule has 36 heavy (non-hydrogen) atoms. The molecule has 1 aromatic heterocycles. The van der Waals surface area contributed by atoms with Crippen molar-refractivity contribution in [1.82, 2.24) is 14.9 Å². The minimum Gasteiger partial charge on any atom is -0.511 e. The number of hydrogen-bond acceptors (Lipinski definition) is 8. The molecule has 3 atom stereocenters. The summed E-state index contributed by atoms with van der Waals surface area (Å²) < 4.78 is 11.8. The number of likely N-dealkylation sites (tertiary alicyclic amines) is 1. The van der Waals surface area contributed by atoms with E-state index in [1.54, 1.807) is 0 Å². The van der Waals surface area contributed by atoms with Gasteiger partial charge in [0.15, 0.2) is 5.82 Å². The number of aliphatic hydroxyl groups excluding tert-OH is 1. The van der Waals surface area contributed by atoms with Gasteiger partial charge in [-0.25, -0.2) is 4.98 Å². The number of allylic oxidation sites excluding steroid dienone is 2. The number of nitrogens with zero attached hydrogens (tertiary/aromatic N) is 3. The topological polar surface area (TPSA) is 109 Å². The van der Waals surface area contributed by atoms with Gasteiger partial charge in [-0.05, 0) is 77.5 Å². The Morgan fingerprint density at radius 2 is 2.06 bits per heavy atom. The van der Waals surface area contributed by atoms with Gasteiger partial charge in [0.2, 0.25) is 5.88 Å². The van der Waals surface area contributed by atoms with Crippen molar-refractivity contribution in [3.8, 4) is 5.88 Å². The summed E-state index contributed by atoms with van der Waals surface area (Å²) in [5.41, 5.74) is 1.54. The molecule has 0 bridgehead atoms. The molecule has 4 aliphatic rings. The third-order valence-corrected chi connectivity index (χ3v) is 8.51. The Hall–Kier alpha value is -2.58. The maximum absolute atomic E-state index is 12.9. The first-order chi connectivity index (χ1) is 17.4. The van der Waals surface area contributed by atoms with E-state index in [1.807, 2.05) is 12.1 Å². The second kappa shape index (κ2) is 10.4. The number of carbonyl (C=O) groups is 1. The third kappa shape index (κ3) is 4.73. The Balaban J connectivity index is 1.50. The van der Waals surface area contributed by atoms with Gasteiger partial charge in [-0.3, -0.25) is 15.1 Å². The van der Waals surface area contributed by atoms with Gasteiger partial charge >= 0.3 is 0 Å². The first kappa shape index (κ1) is 25.1. The van der Waals surface area contributed by atoms with E-state index >= 15 is 0 Å². The summed E-state index contributed by atoms with van der Waals surface area (Å²) >= 11 is 0. The van der Waals surface area contributed by atoms with E-state index in [4.69, 9.17) is 19.9 Å². The SMILES string of the molecule is C[C@H](Oc1cc(C2=CCOCC2)nc(C(=N)C2=C(O)[C@]3(CCCCC3=O)CCC2)n1)[C@@H]1CCCN1C. The number of carbonyl (C=O) groups excluding carboxylic acids is 1. The zero-order valence-corrected chi connectivity index (χ0v) is 21.5. The van der Waals surface area contributed by atoms with Crippen LogP contribution in [0.5, 0.6) is 5.88 Å². The van der Waals surface area contributed by atoms with Crippen LogP contribution >= 0.6 is 0 Å². The molecular weight excluding hydrogens is 456 g/mol. The van der Waals surface area contributed by atoms with Crippen molar-refractivity contribution in [3.63, 3.8) is 0 Å². The van der Waals surface area contributed by atoms with Crippen molar-refractivity contribution in [2.24, 2.45) is 5.41 Å². The molecule has 8 heteroatoms. The van der Waals surface area contributed by atoms with Crippen LogP contribution in [-0.4, -0.2) is 70.4 Å². The Kier molecular flexibility index (Phi) is 7.26. The van der Waals surface area contributed by atoms with Crippen molar-refractivity contribution in [2.75, 3.05) is 26.8 Å². The van der Waals surface area contributed by atoms with E-state index in [0.717, 1.165) is 56.3 Å². The molecule has 0 amide bonds. The summed E-state index contributed by atoms with van der Waals surface area (Å²) in [6.07, 6.45) is 9.84. The molecule has 2 fully saturated rings.